The number of nitrogens with one attached hydrogen (secondary N) is 1. The van der Waals surface area contributed by atoms with Crippen LogP contribution in [0.15, 0.2) is 85.3 Å². The summed E-state index contributed by atoms with van der Waals surface area (Å²) in [5.41, 5.74) is 10.1. The van der Waals surface area contributed by atoms with Gasteiger partial charge in [0.25, 0.3) is 0 Å². The molecule has 0 bridgehead atoms. The van der Waals surface area contributed by atoms with Crippen molar-refractivity contribution in [3.63, 3.8) is 0 Å². The molecule has 1 aromatic heterocycles. The molecule has 7 nitrogen and oxygen atoms in total. The predicted molar refractivity (Wildman–Crippen MR) is 147 cm³/mol. The molecule has 38 heavy (non-hydrogen) atoms. The molecule has 4 N–H and O–H groups in total. The third-order valence-corrected chi connectivity index (χ3v) is 5.84. The van der Waals surface area contributed by atoms with Gasteiger partial charge >= 0.3 is 5.97 Å². The molecule has 4 rings (SSSR count). The zero-order valence-electron chi connectivity index (χ0n) is 20.6. The number of aromatic nitrogens is 2. The second kappa shape index (κ2) is 11.7. The number of carboxylic acid groups (broad SMARTS) is 1. The molecule has 0 saturated carbocycles. The molecule has 0 aliphatic rings. The van der Waals surface area contributed by atoms with Crippen molar-refractivity contribution in [2.45, 2.75) is 13.3 Å². The summed E-state index contributed by atoms with van der Waals surface area (Å²) in [7, 11) is 0. The SMILES string of the molecule is CC/C(=C(/c1ccc(/C=C/C(=O)O)cc1)c1ccc(N)c(C=N)c1F)c1cccc(Oc2cnccn2)c1. The fourth-order valence-electron chi connectivity index (χ4n) is 4.10. The van der Waals surface area contributed by atoms with Gasteiger partial charge in [-0.25, -0.2) is 14.2 Å². The minimum Gasteiger partial charge on any atom is -0.478 e. The lowest BCUT2D eigenvalue weighted by molar-refractivity contribution is -0.131. The van der Waals surface area contributed by atoms with Gasteiger partial charge in [0, 0.05) is 35.9 Å². The summed E-state index contributed by atoms with van der Waals surface area (Å²) in [5.74, 6) is -0.755. The van der Waals surface area contributed by atoms with Gasteiger partial charge in [-0.1, -0.05) is 43.3 Å². The molecule has 0 radical (unpaired) electrons. The van der Waals surface area contributed by atoms with Crippen LogP contribution in [0.25, 0.3) is 17.2 Å². The van der Waals surface area contributed by atoms with Gasteiger partial charge in [-0.3, -0.25) is 4.98 Å². The van der Waals surface area contributed by atoms with Crippen LogP contribution in [0.4, 0.5) is 10.1 Å². The van der Waals surface area contributed by atoms with E-state index in [4.69, 9.17) is 21.0 Å². The van der Waals surface area contributed by atoms with Gasteiger partial charge in [-0.05, 0) is 64.6 Å². The quantitative estimate of drug-likeness (QED) is 0.103. The first-order chi connectivity index (χ1) is 18.4. The highest BCUT2D eigenvalue weighted by Crippen LogP contribution is 2.38. The van der Waals surface area contributed by atoms with Crippen LogP contribution in [0.5, 0.6) is 11.6 Å². The Morgan fingerprint density at radius 2 is 1.89 bits per heavy atom. The number of rotatable bonds is 9. The van der Waals surface area contributed by atoms with Crippen LogP contribution >= 0.6 is 0 Å². The maximum absolute atomic E-state index is 15.8. The Bertz CT molecular complexity index is 1530. The monoisotopic (exact) mass is 508 g/mol. The topological polar surface area (TPSA) is 122 Å². The zero-order chi connectivity index (χ0) is 27.1. The molecule has 0 aliphatic carbocycles. The van der Waals surface area contributed by atoms with E-state index in [0.717, 1.165) is 23.4 Å². The second-order valence-corrected chi connectivity index (χ2v) is 8.25. The lowest BCUT2D eigenvalue weighted by atomic mass is 9.86. The maximum atomic E-state index is 15.8. The van der Waals surface area contributed by atoms with E-state index in [9.17, 15) is 4.79 Å². The molecule has 0 spiro atoms. The Kier molecular flexibility index (Phi) is 8.03. The number of carboxylic acids is 1. The van der Waals surface area contributed by atoms with E-state index in [1.54, 1.807) is 36.5 Å². The number of nitrogen functional groups attached to an aromatic ring is 1. The average Bonchev–Trinajstić information content (AvgIpc) is 2.92. The highest BCUT2D eigenvalue weighted by atomic mass is 19.1. The number of halogens is 1. The number of anilines is 1. The number of carbonyl (C=O) groups is 1. The summed E-state index contributed by atoms with van der Waals surface area (Å²) < 4.78 is 21.6. The van der Waals surface area contributed by atoms with Crippen molar-refractivity contribution in [1.29, 1.82) is 5.41 Å². The molecule has 3 aromatic carbocycles. The molecule has 0 saturated heterocycles. The largest absolute Gasteiger partial charge is 0.478 e. The van der Waals surface area contributed by atoms with E-state index in [-0.39, 0.29) is 11.3 Å². The number of aliphatic carboxylic acids is 1. The number of hydrogen-bond donors (Lipinski definition) is 3. The summed E-state index contributed by atoms with van der Waals surface area (Å²) in [6.07, 6.45) is 8.61. The van der Waals surface area contributed by atoms with Crippen molar-refractivity contribution < 1.29 is 19.0 Å². The van der Waals surface area contributed by atoms with Gasteiger partial charge in [-0.15, -0.1) is 0 Å². The van der Waals surface area contributed by atoms with Crippen molar-refractivity contribution in [2.24, 2.45) is 0 Å². The van der Waals surface area contributed by atoms with Crippen LogP contribution in [-0.4, -0.2) is 27.3 Å². The molecular weight excluding hydrogens is 483 g/mol. The standard InChI is InChI=1S/C30H25FN4O3/c1-2-23(21-4-3-5-22(16-21)38-27-18-34-14-15-35-27)29(24-11-12-26(33)25(17-32)30(24)31)20-9-6-19(7-10-20)8-13-28(36)37/h3-18,32H,2,33H2,1H3,(H,36,37)/b13-8+,29-23+,32-17?. The Morgan fingerprint density at radius 3 is 2.55 bits per heavy atom. The van der Waals surface area contributed by atoms with Gasteiger partial charge in [0.2, 0.25) is 5.88 Å². The Labute approximate surface area is 219 Å². The Morgan fingerprint density at radius 1 is 1.11 bits per heavy atom. The van der Waals surface area contributed by atoms with Crippen LogP contribution in [0.2, 0.25) is 0 Å². The molecule has 190 valence electrons. The van der Waals surface area contributed by atoms with Gasteiger partial charge in [-0.2, -0.15) is 0 Å². The summed E-state index contributed by atoms with van der Waals surface area (Å²) in [6.45, 7) is 1.97. The summed E-state index contributed by atoms with van der Waals surface area (Å²) >= 11 is 0. The molecule has 4 aromatic rings. The number of nitrogens with zero attached hydrogens (tertiary/aromatic N) is 2. The van der Waals surface area contributed by atoms with E-state index < -0.39 is 11.8 Å². The Balaban J connectivity index is 1.90. The van der Waals surface area contributed by atoms with E-state index in [0.29, 0.717) is 40.3 Å². The minimum absolute atomic E-state index is 0.0104. The molecule has 8 heteroatoms. The highest BCUT2D eigenvalue weighted by Gasteiger charge is 2.20. The van der Waals surface area contributed by atoms with Gasteiger partial charge < -0.3 is 21.0 Å². The van der Waals surface area contributed by atoms with Crippen molar-refractivity contribution in [3.8, 4) is 11.6 Å². The second-order valence-electron chi connectivity index (χ2n) is 8.25. The number of allylic oxidation sites excluding steroid dienone is 1. The minimum atomic E-state index is -1.05. The van der Waals surface area contributed by atoms with Gasteiger partial charge in [0.15, 0.2) is 0 Å². The fourth-order valence-corrected chi connectivity index (χ4v) is 4.10. The van der Waals surface area contributed by atoms with Crippen LogP contribution in [-0.2, 0) is 4.79 Å². The first-order valence-corrected chi connectivity index (χ1v) is 11.8. The lowest BCUT2D eigenvalue weighted by Gasteiger charge is -2.19. The highest BCUT2D eigenvalue weighted by molar-refractivity contribution is 6.00. The Hall–Kier alpha value is -5.11. The summed E-state index contributed by atoms with van der Waals surface area (Å²) in [6, 6.07) is 17.8. The van der Waals surface area contributed by atoms with Crippen molar-refractivity contribution in [3.05, 3.63) is 119 Å². The summed E-state index contributed by atoms with van der Waals surface area (Å²) in [5, 5.41) is 16.6. The van der Waals surface area contributed by atoms with Crippen LogP contribution in [0.1, 0.15) is 41.2 Å². The number of benzene rings is 3. The molecule has 0 atom stereocenters. The third kappa shape index (κ3) is 5.82. The lowest BCUT2D eigenvalue weighted by Crippen LogP contribution is -2.04. The number of ether oxygens (including phenoxy) is 1. The zero-order valence-corrected chi connectivity index (χ0v) is 20.6. The summed E-state index contributed by atoms with van der Waals surface area (Å²) in [4.78, 5) is 19.1. The van der Waals surface area contributed by atoms with Crippen LogP contribution < -0.4 is 10.5 Å². The molecule has 0 aliphatic heterocycles. The molecule has 0 unspecified atom stereocenters. The van der Waals surface area contributed by atoms with E-state index in [1.807, 2.05) is 37.3 Å². The van der Waals surface area contributed by atoms with Crippen molar-refractivity contribution in [2.75, 3.05) is 5.73 Å². The van der Waals surface area contributed by atoms with Crippen LogP contribution in [0.3, 0.4) is 0 Å². The van der Waals surface area contributed by atoms with E-state index in [1.165, 1.54) is 18.5 Å². The number of nitrogens with two attached hydrogens (primary N) is 1. The first-order valence-electron chi connectivity index (χ1n) is 11.8. The van der Waals surface area contributed by atoms with Gasteiger partial charge in [0.1, 0.15) is 11.6 Å². The van der Waals surface area contributed by atoms with Crippen molar-refractivity contribution >= 4 is 35.1 Å². The van der Waals surface area contributed by atoms with Crippen LogP contribution in [0, 0.1) is 11.2 Å². The molecule has 0 amide bonds. The smallest absolute Gasteiger partial charge is 0.328 e. The van der Waals surface area contributed by atoms with Crippen molar-refractivity contribution in [1.82, 2.24) is 9.97 Å². The third-order valence-electron chi connectivity index (χ3n) is 5.84. The molecule has 1 heterocycles. The fraction of sp³-hybridized carbons (Fsp3) is 0.0667. The predicted octanol–water partition coefficient (Wildman–Crippen LogP) is 6.45. The normalized spacial score (nSPS) is 11.7. The van der Waals surface area contributed by atoms with E-state index >= 15 is 4.39 Å². The average molecular weight is 509 g/mol. The van der Waals surface area contributed by atoms with E-state index in [2.05, 4.69) is 9.97 Å². The van der Waals surface area contributed by atoms with Gasteiger partial charge in [0.05, 0.1) is 11.8 Å². The maximum Gasteiger partial charge on any atom is 0.328 e. The molecular formula is C30H25FN4O3. The first kappa shape index (κ1) is 26.0. The number of hydrogen-bond acceptors (Lipinski definition) is 6. The molecule has 0 fully saturated rings.